The van der Waals surface area contributed by atoms with Crippen molar-refractivity contribution in [2.75, 3.05) is 12.4 Å². The highest BCUT2D eigenvalue weighted by Crippen LogP contribution is 2.33. The zero-order chi connectivity index (χ0) is 23.9. The van der Waals surface area contributed by atoms with E-state index in [2.05, 4.69) is 15.0 Å². The van der Waals surface area contributed by atoms with Crippen molar-refractivity contribution in [1.82, 2.24) is 9.38 Å². The summed E-state index contributed by atoms with van der Waals surface area (Å²) in [5, 5.41) is 2.72. The van der Waals surface area contributed by atoms with Crippen LogP contribution in [0.5, 0.6) is 17.2 Å². The van der Waals surface area contributed by atoms with E-state index in [1.807, 2.05) is 35.0 Å². The van der Waals surface area contributed by atoms with Gasteiger partial charge >= 0.3 is 6.61 Å². The molecule has 2 aromatic carbocycles. The Bertz CT molecular complexity index is 1290. The third-order valence-electron chi connectivity index (χ3n) is 4.75. The zero-order valence-corrected chi connectivity index (χ0v) is 18.2. The minimum absolute atomic E-state index is 0.137. The predicted octanol–water partition coefficient (Wildman–Crippen LogP) is 5.18. The van der Waals surface area contributed by atoms with Crippen LogP contribution >= 0.6 is 0 Å². The number of benzene rings is 2. The smallest absolute Gasteiger partial charge is 0.387 e. The van der Waals surface area contributed by atoms with Crippen LogP contribution in [0.15, 0.2) is 79.1 Å². The Balaban J connectivity index is 1.40. The normalized spacial score (nSPS) is 11.2. The molecule has 1 N–H and O–H groups in total. The lowest BCUT2D eigenvalue weighted by atomic mass is 10.1. The molecule has 0 radical (unpaired) electrons. The maximum absolute atomic E-state index is 12.8. The van der Waals surface area contributed by atoms with Crippen LogP contribution in [0.2, 0.25) is 0 Å². The number of para-hydroxylation sites is 1. The van der Waals surface area contributed by atoms with Crippen LogP contribution in [-0.4, -0.2) is 29.0 Å². The van der Waals surface area contributed by atoms with Gasteiger partial charge in [-0.2, -0.15) is 8.78 Å². The Kier molecular flexibility index (Phi) is 7.02. The average molecular weight is 465 g/mol. The molecule has 9 heteroatoms. The molecule has 4 rings (SSSR count). The molecule has 174 valence electrons. The number of rotatable bonds is 9. The lowest BCUT2D eigenvalue weighted by Crippen LogP contribution is -2.08. The maximum atomic E-state index is 12.8. The van der Waals surface area contributed by atoms with Crippen LogP contribution < -0.4 is 19.5 Å². The van der Waals surface area contributed by atoms with Crippen LogP contribution in [-0.2, 0) is 11.4 Å². The van der Waals surface area contributed by atoms with Crippen LogP contribution in [0.4, 0.5) is 14.5 Å². The number of methoxy groups -OCH3 is 1. The van der Waals surface area contributed by atoms with E-state index in [-0.39, 0.29) is 23.7 Å². The average Bonchev–Trinajstić information content (AvgIpc) is 3.25. The number of carbonyl (C=O) groups is 1. The topological polar surface area (TPSA) is 74.1 Å². The minimum Gasteiger partial charge on any atom is -0.493 e. The summed E-state index contributed by atoms with van der Waals surface area (Å²) in [6.45, 7) is -2.76. The van der Waals surface area contributed by atoms with Crippen molar-refractivity contribution < 1.29 is 27.8 Å². The highest BCUT2D eigenvalue weighted by Gasteiger charge is 2.14. The third-order valence-corrected chi connectivity index (χ3v) is 4.75. The molecule has 2 heterocycles. The molecule has 0 aliphatic carbocycles. The number of aromatic nitrogens is 2. The Morgan fingerprint density at radius 1 is 1.15 bits per heavy atom. The number of anilines is 1. The molecule has 0 aliphatic rings. The second kappa shape index (κ2) is 10.5. The number of nitrogens with zero attached hydrogens (tertiary/aromatic N) is 2. The Morgan fingerprint density at radius 3 is 2.79 bits per heavy atom. The zero-order valence-electron chi connectivity index (χ0n) is 18.2. The molecular formula is C25H21F2N3O4. The number of amides is 1. The Morgan fingerprint density at radius 2 is 2.00 bits per heavy atom. The molecule has 0 spiro atoms. The molecule has 0 aliphatic heterocycles. The summed E-state index contributed by atoms with van der Waals surface area (Å²) >= 11 is 0. The summed E-state index contributed by atoms with van der Waals surface area (Å²) in [4.78, 5) is 16.9. The van der Waals surface area contributed by atoms with Crippen molar-refractivity contribution in [3.63, 3.8) is 0 Å². The van der Waals surface area contributed by atoms with Crippen molar-refractivity contribution in [2.24, 2.45) is 0 Å². The summed E-state index contributed by atoms with van der Waals surface area (Å²) in [6, 6.07) is 17.3. The SMILES string of the molecule is COc1cccc(/C=C/C(=O)Nc2cccc(OCc3cn4ccccc4n3)c2)c1OC(F)F. The fourth-order valence-corrected chi connectivity index (χ4v) is 3.27. The van der Waals surface area contributed by atoms with Gasteiger partial charge in [0.1, 0.15) is 18.0 Å². The van der Waals surface area contributed by atoms with Gasteiger partial charge in [0.2, 0.25) is 5.91 Å². The maximum Gasteiger partial charge on any atom is 0.387 e. The van der Waals surface area contributed by atoms with Gasteiger partial charge in [-0.15, -0.1) is 0 Å². The third kappa shape index (κ3) is 5.69. The van der Waals surface area contributed by atoms with Crippen molar-refractivity contribution in [3.05, 3.63) is 90.4 Å². The summed E-state index contributed by atoms with van der Waals surface area (Å²) in [5.41, 5.74) is 2.38. The summed E-state index contributed by atoms with van der Waals surface area (Å²) in [7, 11) is 1.35. The number of fused-ring (bicyclic) bond motifs is 1. The van der Waals surface area contributed by atoms with Crippen molar-refractivity contribution in [3.8, 4) is 17.2 Å². The predicted molar refractivity (Wildman–Crippen MR) is 123 cm³/mol. The van der Waals surface area contributed by atoms with Crippen molar-refractivity contribution in [2.45, 2.75) is 13.2 Å². The van der Waals surface area contributed by atoms with E-state index < -0.39 is 12.5 Å². The molecular weight excluding hydrogens is 444 g/mol. The Hall–Kier alpha value is -4.40. The van der Waals surface area contributed by atoms with Gasteiger partial charge < -0.3 is 23.9 Å². The molecule has 4 aromatic rings. The molecule has 1 amide bonds. The van der Waals surface area contributed by atoms with E-state index in [4.69, 9.17) is 9.47 Å². The molecule has 0 bridgehead atoms. The first-order chi connectivity index (χ1) is 16.5. The number of carbonyl (C=O) groups excluding carboxylic acids is 1. The van der Waals surface area contributed by atoms with Crippen LogP contribution in [0.3, 0.4) is 0 Å². The molecule has 0 unspecified atom stereocenters. The van der Waals surface area contributed by atoms with Gasteiger partial charge in [0.05, 0.1) is 12.8 Å². The van der Waals surface area contributed by atoms with E-state index in [1.54, 1.807) is 30.3 Å². The van der Waals surface area contributed by atoms with Crippen molar-refractivity contribution in [1.29, 1.82) is 0 Å². The highest BCUT2D eigenvalue weighted by atomic mass is 19.3. The van der Waals surface area contributed by atoms with Crippen LogP contribution in [0, 0.1) is 0 Å². The molecule has 2 aromatic heterocycles. The fraction of sp³-hybridized carbons (Fsp3) is 0.120. The quantitative estimate of drug-likeness (QED) is 0.345. The van der Waals surface area contributed by atoms with Gasteiger partial charge in [-0.05, 0) is 36.4 Å². The number of nitrogens with one attached hydrogen (secondary N) is 1. The summed E-state index contributed by atoms with van der Waals surface area (Å²) in [5.74, 6) is 0.0901. The molecule has 0 saturated heterocycles. The summed E-state index contributed by atoms with van der Waals surface area (Å²) < 4.78 is 42.9. The van der Waals surface area contributed by atoms with E-state index in [0.29, 0.717) is 11.4 Å². The van der Waals surface area contributed by atoms with Gasteiger partial charge in [0.25, 0.3) is 0 Å². The molecule has 7 nitrogen and oxygen atoms in total. The highest BCUT2D eigenvalue weighted by molar-refractivity contribution is 6.02. The second-order valence-electron chi connectivity index (χ2n) is 7.09. The number of pyridine rings is 1. The van der Waals surface area contributed by atoms with Crippen molar-refractivity contribution >= 4 is 23.3 Å². The Labute approximate surface area is 194 Å². The molecule has 0 saturated carbocycles. The molecule has 0 fully saturated rings. The van der Waals surface area contributed by atoms with Gasteiger partial charge in [0.15, 0.2) is 11.5 Å². The van der Waals surface area contributed by atoms with Crippen LogP contribution in [0.1, 0.15) is 11.3 Å². The summed E-state index contributed by atoms with van der Waals surface area (Å²) in [6.07, 6.45) is 6.39. The van der Waals surface area contributed by atoms with Gasteiger partial charge in [-0.3, -0.25) is 4.79 Å². The minimum atomic E-state index is -3.03. The number of alkyl halides is 2. The standard InChI is InChI=1S/C25H21F2N3O4/c1-32-21-9-4-6-17(24(21)34-25(26)27)11-12-23(31)29-18-7-5-8-20(14-18)33-16-19-15-30-13-3-2-10-22(30)28-19/h2-15,25H,16H2,1H3,(H,29,31)/b12-11+. The lowest BCUT2D eigenvalue weighted by Gasteiger charge is -2.12. The lowest BCUT2D eigenvalue weighted by molar-refractivity contribution is -0.111. The largest absolute Gasteiger partial charge is 0.493 e. The van der Waals surface area contributed by atoms with Crippen LogP contribution in [0.25, 0.3) is 11.7 Å². The molecule has 0 atom stereocenters. The van der Waals surface area contributed by atoms with Gasteiger partial charge in [-0.25, -0.2) is 4.98 Å². The van der Waals surface area contributed by atoms with E-state index in [9.17, 15) is 13.6 Å². The van der Waals surface area contributed by atoms with E-state index in [1.165, 1.54) is 31.4 Å². The van der Waals surface area contributed by atoms with Gasteiger partial charge in [-0.1, -0.05) is 24.3 Å². The number of imidazole rings is 1. The first kappa shape index (κ1) is 22.8. The fourth-order valence-electron chi connectivity index (χ4n) is 3.27. The van der Waals surface area contributed by atoms with E-state index >= 15 is 0 Å². The monoisotopic (exact) mass is 465 g/mol. The number of halogens is 2. The van der Waals surface area contributed by atoms with Gasteiger partial charge in [0, 0.05) is 35.8 Å². The number of hydrogen-bond donors (Lipinski definition) is 1. The second-order valence-corrected chi connectivity index (χ2v) is 7.09. The first-order valence-corrected chi connectivity index (χ1v) is 10.3. The van der Waals surface area contributed by atoms with E-state index in [0.717, 1.165) is 11.3 Å². The molecule has 34 heavy (non-hydrogen) atoms. The first-order valence-electron chi connectivity index (χ1n) is 10.3. The number of hydrogen-bond acceptors (Lipinski definition) is 5. The number of ether oxygens (including phenoxy) is 3.